The zero-order chi connectivity index (χ0) is 16.1. The Labute approximate surface area is 134 Å². The molecular weight excluding hydrogens is 292 g/mol. The van der Waals surface area contributed by atoms with E-state index >= 15 is 0 Å². The molecule has 23 heavy (non-hydrogen) atoms. The van der Waals surface area contributed by atoms with Crippen LogP contribution in [0.3, 0.4) is 0 Å². The van der Waals surface area contributed by atoms with Crippen LogP contribution in [0.5, 0.6) is 11.5 Å². The van der Waals surface area contributed by atoms with Crippen molar-refractivity contribution in [3.05, 3.63) is 59.9 Å². The van der Waals surface area contributed by atoms with Crippen LogP contribution in [0.25, 0.3) is 5.57 Å². The number of benzene rings is 1. The smallest absolute Gasteiger partial charge is 0.222 e. The zero-order valence-electron chi connectivity index (χ0n) is 12.7. The normalized spacial score (nSPS) is 13.8. The van der Waals surface area contributed by atoms with Gasteiger partial charge in [0, 0.05) is 35.6 Å². The van der Waals surface area contributed by atoms with Crippen LogP contribution in [0.4, 0.5) is 0 Å². The third-order valence-corrected chi connectivity index (χ3v) is 3.49. The van der Waals surface area contributed by atoms with Gasteiger partial charge in [0.2, 0.25) is 5.90 Å². The van der Waals surface area contributed by atoms with Crippen molar-refractivity contribution in [2.24, 2.45) is 4.99 Å². The minimum Gasteiger partial charge on any atom is -0.496 e. The molecule has 0 saturated carbocycles. The van der Waals surface area contributed by atoms with Crippen molar-refractivity contribution < 1.29 is 14.3 Å². The summed E-state index contributed by atoms with van der Waals surface area (Å²) < 4.78 is 11.3. The summed E-state index contributed by atoms with van der Waals surface area (Å²) in [6.45, 7) is 0.674. The number of ether oxygens (including phenoxy) is 2. The van der Waals surface area contributed by atoms with Crippen LogP contribution in [0.2, 0.25) is 0 Å². The summed E-state index contributed by atoms with van der Waals surface area (Å²) in [7, 11) is 1.62. The Morgan fingerprint density at radius 3 is 2.74 bits per heavy atom. The SMILES string of the molecule is COc1ccncc1C1=CCCN=C1Oc1ccc(C=O)cc1. The molecule has 1 aromatic carbocycles. The number of rotatable bonds is 4. The van der Waals surface area contributed by atoms with E-state index in [0.717, 1.165) is 29.6 Å². The second-order valence-corrected chi connectivity index (χ2v) is 4.96. The maximum atomic E-state index is 10.7. The minimum atomic E-state index is 0.529. The van der Waals surface area contributed by atoms with Gasteiger partial charge in [0.1, 0.15) is 17.8 Å². The van der Waals surface area contributed by atoms with Crippen molar-refractivity contribution in [3.63, 3.8) is 0 Å². The Bertz CT molecular complexity index is 764. The van der Waals surface area contributed by atoms with E-state index in [2.05, 4.69) is 16.1 Å². The lowest BCUT2D eigenvalue weighted by atomic mass is 10.0. The first-order valence-corrected chi connectivity index (χ1v) is 7.28. The van der Waals surface area contributed by atoms with E-state index in [1.165, 1.54) is 0 Å². The third-order valence-electron chi connectivity index (χ3n) is 3.49. The van der Waals surface area contributed by atoms with Crippen molar-refractivity contribution in [2.45, 2.75) is 6.42 Å². The number of carbonyl (C=O) groups excluding carboxylic acids is 1. The Morgan fingerprint density at radius 2 is 2.00 bits per heavy atom. The molecule has 5 nitrogen and oxygen atoms in total. The molecule has 0 bridgehead atoms. The third kappa shape index (κ3) is 3.29. The predicted octanol–water partition coefficient (Wildman–Crippen LogP) is 3.17. The van der Waals surface area contributed by atoms with Crippen molar-refractivity contribution >= 4 is 17.8 Å². The second-order valence-electron chi connectivity index (χ2n) is 4.96. The van der Waals surface area contributed by atoms with Gasteiger partial charge < -0.3 is 9.47 Å². The van der Waals surface area contributed by atoms with E-state index in [9.17, 15) is 4.79 Å². The van der Waals surface area contributed by atoms with Crippen molar-refractivity contribution in [1.29, 1.82) is 0 Å². The van der Waals surface area contributed by atoms with E-state index in [1.807, 2.05) is 0 Å². The van der Waals surface area contributed by atoms with Crippen LogP contribution in [0, 0.1) is 0 Å². The topological polar surface area (TPSA) is 60.8 Å². The van der Waals surface area contributed by atoms with Crippen LogP contribution in [-0.2, 0) is 0 Å². The van der Waals surface area contributed by atoms with E-state index in [0.29, 0.717) is 23.8 Å². The highest BCUT2D eigenvalue weighted by Crippen LogP contribution is 2.29. The van der Waals surface area contributed by atoms with Gasteiger partial charge in [-0.2, -0.15) is 0 Å². The average Bonchev–Trinajstić information content (AvgIpc) is 2.63. The number of aldehydes is 1. The summed E-state index contributed by atoms with van der Waals surface area (Å²) in [5.41, 5.74) is 2.31. The first-order chi connectivity index (χ1) is 11.3. The molecule has 1 aliphatic heterocycles. The Kier molecular flexibility index (Phi) is 4.47. The number of pyridine rings is 1. The molecule has 2 heterocycles. The molecule has 1 aromatic heterocycles. The monoisotopic (exact) mass is 308 g/mol. The van der Waals surface area contributed by atoms with E-state index in [1.54, 1.807) is 49.8 Å². The lowest BCUT2D eigenvalue weighted by Crippen LogP contribution is -2.15. The highest BCUT2D eigenvalue weighted by molar-refractivity contribution is 6.21. The van der Waals surface area contributed by atoms with E-state index < -0.39 is 0 Å². The molecule has 5 heteroatoms. The molecular formula is C18H16N2O3. The maximum Gasteiger partial charge on any atom is 0.222 e. The molecule has 0 fully saturated rings. The largest absolute Gasteiger partial charge is 0.496 e. The standard InChI is InChI=1S/C18H16N2O3/c1-22-17-8-10-19-11-16(17)15-3-2-9-20-18(15)23-14-6-4-13(12-21)5-7-14/h3-8,10-12H,2,9H2,1H3. The summed E-state index contributed by atoms with van der Waals surface area (Å²) in [6.07, 6.45) is 7.13. The van der Waals surface area contributed by atoms with Gasteiger partial charge in [-0.3, -0.25) is 14.8 Å². The first kappa shape index (κ1) is 15.0. The molecule has 0 radical (unpaired) electrons. The Morgan fingerprint density at radius 1 is 1.17 bits per heavy atom. The summed E-state index contributed by atoms with van der Waals surface area (Å²) >= 11 is 0. The number of hydrogen-bond acceptors (Lipinski definition) is 5. The van der Waals surface area contributed by atoms with E-state index in [-0.39, 0.29) is 0 Å². The highest BCUT2D eigenvalue weighted by atomic mass is 16.5. The number of aliphatic imine (C=N–C) groups is 1. The molecule has 0 N–H and O–H groups in total. The van der Waals surface area contributed by atoms with Crippen molar-refractivity contribution in [1.82, 2.24) is 4.98 Å². The Balaban J connectivity index is 1.89. The number of nitrogens with zero attached hydrogens (tertiary/aromatic N) is 2. The summed E-state index contributed by atoms with van der Waals surface area (Å²) in [6, 6.07) is 8.72. The fraction of sp³-hybridized carbons (Fsp3) is 0.167. The summed E-state index contributed by atoms with van der Waals surface area (Å²) in [4.78, 5) is 19.4. The number of aromatic nitrogens is 1. The molecule has 0 aliphatic carbocycles. The summed E-state index contributed by atoms with van der Waals surface area (Å²) in [5.74, 6) is 1.88. The first-order valence-electron chi connectivity index (χ1n) is 7.28. The highest BCUT2D eigenvalue weighted by Gasteiger charge is 2.19. The maximum absolute atomic E-state index is 10.7. The van der Waals surface area contributed by atoms with Crippen LogP contribution in [0.1, 0.15) is 22.3 Å². The molecule has 0 saturated heterocycles. The lowest BCUT2D eigenvalue weighted by Gasteiger charge is -2.17. The zero-order valence-corrected chi connectivity index (χ0v) is 12.7. The number of dihydropyridines is 1. The molecule has 2 aromatic rings. The van der Waals surface area contributed by atoms with Crippen molar-refractivity contribution in [3.8, 4) is 11.5 Å². The Hall–Kier alpha value is -2.95. The molecule has 0 atom stereocenters. The molecule has 0 amide bonds. The average molecular weight is 308 g/mol. The van der Waals surface area contributed by atoms with Gasteiger partial charge >= 0.3 is 0 Å². The van der Waals surface area contributed by atoms with E-state index in [4.69, 9.17) is 9.47 Å². The fourth-order valence-corrected chi connectivity index (χ4v) is 2.35. The minimum absolute atomic E-state index is 0.529. The molecule has 116 valence electrons. The van der Waals surface area contributed by atoms with Gasteiger partial charge in [0.05, 0.1) is 7.11 Å². The fourth-order valence-electron chi connectivity index (χ4n) is 2.35. The number of hydrogen-bond donors (Lipinski definition) is 0. The molecule has 0 unspecified atom stereocenters. The van der Waals surface area contributed by atoms with Gasteiger partial charge in [0.15, 0.2) is 0 Å². The quantitative estimate of drug-likeness (QED) is 0.814. The van der Waals surface area contributed by atoms with Crippen LogP contribution < -0.4 is 9.47 Å². The second kappa shape index (κ2) is 6.87. The van der Waals surface area contributed by atoms with Gasteiger partial charge in [-0.05, 0) is 36.8 Å². The predicted molar refractivity (Wildman–Crippen MR) is 88.1 cm³/mol. The van der Waals surface area contributed by atoms with Gasteiger partial charge in [-0.1, -0.05) is 6.08 Å². The lowest BCUT2D eigenvalue weighted by molar-refractivity contribution is 0.112. The number of carbonyl (C=O) groups is 1. The number of methoxy groups -OCH3 is 1. The molecule has 1 aliphatic rings. The molecule has 3 rings (SSSR count). The molecule has 0 spiro atoms. The van der Waals surface area contributed by atoms with Crippen LogP contribution >= 0.6 is 0 Å². The van der Waals surface area contributed by atoms with Gasteiger partial charge in [0.25, 0.3) is 0 Å². The van der Waals surface area contributed by atoms with Gasteiger partial charge in [-0.15, -0.1) is 0 Å². The van der Waals surface area contributed by atoms with Crippen LogP contribution in [-0.4, -0.2) is 30.8 Å². The van der Waals surface area contributed by atoms with Gasteiger partial charge in [-0.25, -0.2) is 0 Å². The van der Waals surface area contributed by atoms with Crippen LogP contribution in [0.15, 0.2) is 53.8 Å². The summed E-state index contributed by atoms with van der Waals surface area (Å²) in [5, 5.41) is 0. The van der Waals surface area contributed by atoms with Crippen molar-refractivity contribution in [2.75, 3.05) is 13.7 Å².